The number of nitrogens with zero attached hydrogens (tertiary/aromatic N) is 1. The highest BCUT2D eigenvalue weighted by molar-refractivity contribution is 5.71. The SMILES string of the molecule is O=C(O)Cc1ccccc1Oc1cnoc1. The molecule has 0 unspecified atom stereocenters. The molecule has 0 aliphatic rings. The number of hydrogen-bond donors (Lipinski definition) is 1. The molecule has 0 fully saturated rings. The predicted octanol–water partition coefficient (Wildman–Crippen LogP) is 2.09. The molecule has 5 nitrogen and oxygen atoms in total. The van der Waals surface area contributed by atoms with Crippen LogP contribution in [0.15, 0.2) is 41.2 Å². The maximum Gasteiger partial charge on any atom is 0.307 e. The van der Waals surface area contributed by atoms with E-state index in [9.17, 15) is 4.79 Å². The van der Waals surface area contributed by atoms with Crippen molar-refractivity contribution >= 4 is 5.97 Å². The molecule has 0 spiro atoms. The Morgan fingerprint density at radius 3 is 2.94 bits per heavy atom. The lowest BCUT2D eigenvalue weighted by Crippen LogP contribution is -2.01. The summed E-state index contributed by atoms with van der Waals surface area (Å²) in [4.78, 5) is 10.6. The standard InChI is InChI=1S/C11H9NO4/c13-11(14)5-8-3-1-2-4-10(8)16-9-6-12-15-7-9/h1-4,6-7H,5H2,(H,13,14). The molecule has 1 heterocycles. The van der Waals surface area contributed by atoms with Gasteiger partial charge in [0.25, 0.3) is 0 Å². The molecule has 0 aliphatic carbocycles. The van der Waals surface area contributed by atoms with Gasteiger partial charge in [-0.15, -0.1) is 0 Å². The van der Waals surface area contributed by atoms with E-state index in [1.807, 2.05) is 0 Å². The van der Waals surface area contributed by atoms with Gasteiger partial charge in [0.1, 0.15) is 11.9 Å². The summed E-state index contributed by atoms with van der Waals surface area (Å²) >= 11 is 0. The summed E-state index contributed by atoms with van der Waals surface area (Å²) in [5, 5.41) is 12.2. The topological polar surface area (TPSA) is 72.6 Å². The zero-order chi connectivity index (χ0) is 11.4. The summed E-state index contributed by atoms with van der Waals surface area (Å²) in [7, 11) is 0. The molecule has 2 aromatic rings. The first-order chi connectivity index (χ1) is 7.75. The first kappa shape index (κ1) is 10.2. The van der Waals surface area contributed by atoms with Crippen molar-refractivity contribution in [3.63, 3.8) is 0 Å². The van der Waals surface area contributed by atoms with Gasteiger partial charge in [0.15, 0.2) is 12.0 Å². The Morgan fingerprint density at radius 2 is 2.25 bits per heavy atom. The van der Waals surface area contributed by atoms with Crippen molar-refractivity contribution in [2.24, 2.45) is 0 Å². The Labute approximate surface area is 91.3 Å². The third-order valence-electron chi connectivity index (χ3n) is 1.95. The molecule has 2 rings (SSSR count). The number of carbonyl (C=O) groups is 1. The molecule has 1 aromatic heterocycles. The average molecular weight is 219 g/mol. The fraction of sp³-hybridized carbons (Fsp3) is 0.0909. The summed E-state index contributed by atoms with van der Waals surface area (Å²) in [5.74, 6) is 0.0345. The number of benzene rings is 1. The molecule has 0 saturated carbocycles. The smallest absolute Gasteiger partial charge is 0.307 e. The maximum atomic E-state index is 10.6. The number of rotatable bonds is 4. The van der Waals surface area contributed by atoms with E-state index < -0.39 is 5.97 Å². The lowest BCUT2D eigenvalue weighted by atomic mass is 10.1. The van der Waals surface area contributed by atoms with Crippen LogP contribution in [0.2, 0.25) is 0 Å². The average Bonchev–Trinajstić information content (AvgIpc) is 2.73. The lowest BCUT2D eigenvalue weighted by molar-refractivity contribution is -0.136. The summed E-state index contributed by atoms with van der Waals surface area (Å²) in [6.07, 6.45) is 2.68. The molecular weight excluding hydrogens is 210 g/mol. The third-order valence-corrected chi connectivity index (χ3v) is 1.95. The highest BCUT2D eigenvalue weighted by Gasteiger charge is 2.08. The molecule has 5 heteroatoms. The van der Waals surface area contributed by atoms with Gasteiger partial charge in [0, 0.05) is 5.56 Å². The van der Waals surface area contributed by atoms with E-state index in [0.29, 0.717) is 17.1 Å². The van der Waals surface area contributed by atoms with Crippen molar-refractivity contribution < 1.29 is 19.2 Å². The van der Waals surface area contributed by atoms with Gasteiger partial charge in [-0.25, -0.2) is 0 Å². The van der Waals surface area contributed by atoms with Crippen molar-refractivity contribution in [1.29, 1.82) is 0 Å². The van der Waals surface area contributed by atoms with Crippen LogP contribution in [0.3, 0.4) is 0 Å². The van der Waals surface area contributed by atoms with Crippen molar-refractivity contribution in [2.45, 2.75) is 6.42 Å². The highest BCUT2D eigenvalue weighted by atomic mass is 16.5. The van der Waals surface area contributed by atoms with Crippen LogP contribution in [0.25, 0.3) is 0 Å². The quantitative estimate of drug-likeness (QED) is 0.852. The van der Waals surface area contributed by atoms with E-state index in [-0.39, 0.29) is 6.42 Å². The first-order valence-corrected chi connectivity index (χ1v) is 4.62. The molecular formula is C11H9NO4. The van der Waals surface area contributed by atoms with Crippen LogP contribution in [-0.2, 0) is 11.2 Å². The molecule has 0 atom stereocenters. The van der Waals surface area contributed by atoms with Crippen LogP contribution >= 0.6 is 0 Å². The Morgan fingerprint density at radius 1 is 1.44 bits per heavy atom. The van der Waals surface area contributed by atoms with Gasteiger partial charge in [0.05, 0.1) is 6.42 Å². The number of aliphatic carboxylic acids is 1. The minimum atomic E-state index is -0.902. The first-order valence-electron chi connectivity index (χ1n) is 4.62. The number of para-hydroxylation sites is 1. The summed E-state index contributed by atoms with van der Waals surface area (Å²) in [6, 6.07) is 6.94. The molecule has 1 N–H and O–H groups in total. The van der Waals surface area contributed by atoms with E-state index in [4.69, 9.17) is 9.84 Å². The molecule has 0 saturated heterocycles. The molecule has 82 valence electrons. The zero-order valence-electron chi connectivity index (χ0n) is 8.29. The van der Waals surface area contributed by atoms with Gasteiger partial charge >= 0.3 is 5.97 Å². The highest BCUT2D eigenvalue weighted by Crippen LogP contribution is 2.25. The fourth-order valence-corrected chi connectivity index (χ4v) is 1.28. The summed E-state index contributed by atoms with van der Waals surface area (Å²) in [5.41, 5.74) is 0.608. The van der Waals surface area contributed by atoms with Crippen LogP contribution in [-0.4, -0.2) is 16.2 Å². The third kappa shape index (κ3) is 2.38. The second-order valence-corrected chi connectivity index (χ2v) is 3.14. The van der Waals surface area contributed by atoms with Gasteiger partial charge in [-0.2, -0.15) is 0 Å². The molecule has 0 aliphatic heterocycles. The second kappa shape index (κ2) is 4.48. The molecule has 0 amide bonds. The molecule has 0 radical (unpaired) electrons. The number of carboxylic acids is 1. The summed E-state index contributed by atoms with van der Waals surface area (Å²) in [6.45, 7) is 0. The number of ether oxygens (including phenoxy) is 1. The van der Waals surface area contributed by atoms with Crippen molar-refractivity contribution in [1.82, 2.24) is 5.16 Å². The van der Waals surface area contributed by atoms with E-state index in [1.54, 1.807) is 24.3 Å². The fourth-order valence-electron chi connectivity index (χ4n) is 1.28. The van der Waals surface area contributed by atoms with Crippen LogP contribution in [0.5, 0.6) is 11.5 Å². The second-order valence-electron chi connectivity index (χ2n) is 3.14. The minimum Gasteiger partial charge on any atom is -0.481 e. The van der Waals surface area contributed by atoms with Gasteiger partial charge in [-0.1, -0.05) is 23.4 Å². The Bertz CT molecular complexity index is 478. The largest absolute Gasteiger partial charge is 0.481 e. The van der Waals surface area contributed by atoms with Crippen molar-refractivity contribution in [3.05, 3.63) is 42.3 Å². The van der Waals surface area contributed by atoms with E-state index >= 15 is 0 Å². The molecule has 16 heavy (non-hydrogen) atoms. The molecule has 1 aromatic carbocycles. The van der Waals surface area contributed by atoms with Crippen LogP contribution in [0, 0.1) is 0 Å². The number of aromatic nitrogens is 1. The van der Waals surface area contributed by atoms with Crippen molar-refractivity contribution in [2.75, 3.05) is 0 Å². The Hall–Kier alpha value is -2.30. The Kier molecular flexibility index (Phi) is 2.86. The predicted molar refractivity (Wildman–Crippen MR) is 54.4 cm³/mol. The number of hydrogen-bond acceptors (Lipinski definition) is 4. The van der Waals surface area contributed by atoms with E-state index in [2.05, 4.69) is 9.68 Å². The lowest BCUT2D eigenvalue weighted by Gasteiger charge is -2.06. The monoisotopic (exact) mass is 219 g/mol. The normalized spacial score (nSPS) is 10.0. The maximum absolute atomic E-state index is 10.6. The van der Waals surface area contributed by atoms with Gasteiger partial charge in [-0.05, 0) is 6.07 Å². The van der Waals surface area contributed by atoms with Crippen molar-refractivity contribution in [3.8, 4) is 11.5 Å². The van der Waals surface area contributed by atoms with Crippen LogP contribution in [0.1, 0.15) is 5.56 Å². The zero-order valence-corrected chi connectivity index (χ0v) is 8.29. The Balaban J connectivity index is 2.22. The van der Waals surface area contributed by atoms with Gasteiger partial charge < -0.3 is 14.4 Å². The summed E-state index contributed by atoms with van der Waals surface area (Å²) < 4.78 is 10.0. The minimum absolute atomic E-state index is 0.0819. The van der Waals surface area contributed by atoms with Crippen LogP contribution < -0.4 is 4.74 Å². The van der Waals surface area contributed by atoms with E-state index in [0.717, 1.165) is 0 Å². The molecule has 0 bridgehead atoms. The van der Waals surface area contributed by atoms with Crippen LogP contribution in [0.4, 0.5) is 0 Å². The van der Waals surface area contributed by atoms with Gasteiger partial charge in [0.2, 0.25) is 0 Å². The van der Waals surface area contributed by atoms with E-state index in [1.165, 1.54) is 12.5 Å². The number of carboxylic acid groups (broad SMARTS) is 1. The van der Waals surface area contributed by atoms with Gasteiger partial charge in [-0.3, -0.25) is 4.79 Å².